The molecule has 29 heavy (non-hydrogen) atoms. The molecule has 3 saturated heterocycles. The summed E-state index contributed by atoms with van der Waals surface area (Å²) in [5.74, 6) is -4.06. The van der Waals surface area contributed by atoms with Crippen LogP contribution in [0.2, 0.25) is 0 Å². The van der Waals surface area contributed by atoms with Gasteiger partial charge in [0, 0.05) is 18.8 Å². The van der Waals surface area contributed by atoms with E-state index in [1.807, 2.05) is 6.07 Å². The molecular weight excluding hydrogens is 411 g/mol. The summed E-state index contributed by atoms with van der Waals surface area (Å²) in [6.07, 6.45) is -0.0856. The van der Waals surface area contributed by atoms with Gasteiger partial charge in [-0.25, -0.2) is 0 Å². The van der Waals surface area contributed by atoms with Gasteiger partial charge in [-0.1, -0.05) is 30.3 Å². The molecule has 3 aliphatic heterocycles. The first-order valence-electron chi connectivity index (χ1n) is 8.64. The predicted octanol–water partition coefficient (Wildman–Crippen LogP) is -4.38. The third-order valence-electron chi connectivity index (χ3n) is 5.31. The molecule has 0 aromatic heterocycles. The van der Waals surface area contributed by atoms with Crippen molar-refractivity contribution in [1.82, 2.24) is 10.2 Å². The van der Waals surface area contributed by atoms with E-state index in [-0.39, 0.29) is 48.2 Å². The van der Waals surface area contributed by atoms with Gasteiger partial charge in [-0.15, -0.1) is 11.8 Å². The Kier molecular flexibility index (Phi) is 6.03. The SMILES string of the molecule is CO[C@@]1(NC(=O)Cc2ccccc2)C(=O)N2[C@@H]1SCC1CC(=O)OC12C(=O)[O-].[Na+]. The van der Waals surface area contributed by atoms with Crippen molar-refractivity contribution < 1.29 is 63.3 Å². The third-order valence-corrected chi connectivity index (χ3v) is 6.77. The second-order valence-corrected chi connectivity index (χ2v) is 7.98. The molecule has 4 rings (SSSR count). The third kappa shape index (κ3) is 3.17. The maximum atomic E-state index is 13.0. The number of rotatable bonds is 5. The zero-order valence-corrected chi connectivity index (χ0v) is 18.7. The first-order chi connectivity index (χ1) is 13.3. The van der Waals surface area contributed by atoms with Gasteiger partial charge in [-0.2, -0.15) is 0 Å². The van der Waals surface area contributed by atoms with Crippen LogP contribution in [0, 0.1) is 5.92 Å². The van der Waals surface area contributed by atoms with E-state index in [9.17, 15) is 24.3 Å². The molecule has 0 saturated carbocycles. The molecule has 148 valence electrons. The van der Waals surface area contributed by atoms with Gasteiger partial charge >= 0.3 is 35.5 Å². The van der Waals surface area contributed by atoms with E-state index in [1.54, 1.807) is 24.3 Å². The van der Waals surface area contributed by atoms with Crippen molar-refractivity contribution in [1.29, 1.82) is 0 Å². The second kappa shape index (κ2) is 7.92. The quantitative estimate of drug-likeness (QED) is 0.216. The van der Waals surface area contributed by atoms with Gasteiger partial charge in [0.2, 0.25) is 11.6 Å². The van der Waals surface area contributed by atoms with Crippen LogP contribution < -0.4 is 40.0 Å². The molecule has 1 aromatic carbocycles. The van der Waals surface area contributed by atoms with Crippen LogP contribution in [0.4, 0.5) is 0 Å². The number of methoxy groups -OCH3 is 1. The van der Waals surface area contributed by atoms with Crippen molar-refractivity contribution in [3.63, 3.8) is 0 Å². The molecular formula is C18H17N2NaO7S. The minimum Gasteiger partial charge on any atom is -0.544 e. The van der Waals surface area contributed by atoms with Gasteiger partial charge in [-0.3, -0.25) is 19.3 Å². The Morgan fingerprint density at radius 3 is 2.66 bits per heavy atom. The number of carbonyl (C=O) groups excluding carboxylic acids is 4. The summed E-state index contributed by atoms with van der Waals surface area (Å²) in [5.41, 5.74) is -3.13. The zero-order chi connectivity index (χ0) is 20.1. The van der Waals surface area contributed by atoms with Crippen LogP contribution in [0.1, 0.15) is 12.0 Å². The molecule has 0 spiro atoms. The van der Waals surface area contributed by atoms with E-state index >= 15 is 0 Å². The minimum atomic E-state index is -2.16. The van der Waals surface area contributed by atoms with Gasteiger partial charge in [-0.05, 0) is 5.56 Å². The largest absolute Gasteiger partial charge is 1.00 e. The number of thioether (sulfide) groups is 1. The number of carboxylic acids is 1. The number of aliphatic carboxylic acids is 1. The molecule has 3 aliphatic rings. The Hall–Kier alpha value is -1.59. The number of fused-ring (bicyclic) bond motifs is 3. The molecule has 1 N–H and O–H groups in total. The first kappa shape index (κ1) is 22.1. The summed E-state index contributed by atoms with van der Waals surface area (Å²) in [4.78, 5) is 50.1. The maximum absolute atomic E-state index is 13.0. The molecule has 0 bridgehead atoms. The number of benzene rings is 1. The second-order valence-electron chi connectivity index (χ2n) is 6.87. The Bertz CT molecular complexity index is 869. The molecule has 0 aliphatic carbocycles. The molecule has 3 heterocycles. The fourth-order valence-electron chi connectivity index (χ4n) is 3.98. The van der Waals surface area contributed by atoms with Gasteiger partial charge in [0.15, 0.2) is 0 Å². The van der Waals surface area contributed by atoms with E-state index in [0.29, 0.717) is 0 Å². The number of nitrogens with one attached hydrogen (secondary N) is 1. The molecule has 0 radical (unpaired) electrons. The molecule has 9 nitrogen and oxygen atoms in total. The summed E-state index contributed by atoms with van der Waals surface area (Å²) >= 11 is 1.23. The van der Waals surface area contributed by atoms with E-state index in [4.69, 9.17) is 9.47 Å². The van der Waals surface area contributed by atoms with Gasteiger partial charge in [0.05, 0.1) is 12.8 Å². The molecule has 2 amide bonds. The number of amides is 2. The normalized spacial score (nSPS) is 32.2. The summed E-state index contributed by atoms with van der Waals surface area (Å²) in [6, 6.07) is 8.96. The van der Waals surface area contributed by atoms with Crippen LogP contribution in [-0.2, 0) is 35.1 Å². The fraction of sp³-hybridized carbons (Fsp3) is 0.444. The van der Waals surface area contributed by atoms with Crippen molar-refractivity contribution in [2.24, 2.45) is 5.92 Å². The van der Waals surface area contributed by atoms with Crippen molar-refractivity contribution >= 4 is 35.5 Å². The summed E-state index contributed by atoms with van der Waals surface area (Å²) < 4.78 is 10.4. The van der Waals surface area contributed by atoms with Crippen molar-refractivity contribution in [2.45, 2.75) is 29.7 Å². The van der Waals surface area contributed by atoms with Gasteiger partial charge < -0.3 is 24.7 Å². The molecule has 2 unspecified atom stereocenters. The standard InChI is InChI=1S/C18H18N2O7S.Na/c1-26-17(19-12(21)7-10-5-3-2-4-6-10)14(23)20-15(17)28-9-11-8-13(22)27-18(11,20)16(24)25;/h2-6,11,15H,7-9H2,1H3,(H,19,21)(H,24,25);/q;+1/p-1/t11?,15-,17+,18?;/m1./s1. The Balaban J connectivity index is 0.00000240. The summed E-state index contributed by atoms with van der Waals surface area (Å²) in [7, 11) is 1.26. The van der Waals surface area contributed by atoms with Crippen LogP contribution >= 0.6 is 11.8 Å². The summed E-state index contributed by atoms with van der Waals surface area (Å²) in [5, 5.41) is 13.6. The van der Waals surface area contributed by atoms with Gasteiger partial charge in [0.25, 0.3) is 11.6 Å². The van der Waals surface area contributed by atoms with E-state index in [2.05, 4.69) is 5.32 Å². The maximum Gasteiger partial charge on any atom is 1.00 e. The number of hydrogen-bond acceptors (Lipinski definition) is 8. The molecule has 11 heteroatoms. The zero-order valence-electron chi connectivity index (χ0n) is 15.9. The average Bonchev–Trinajstić information content (AvgIpc) is 3.02. The van der Waals surface area contributed by atoms with Crippen molar-refractivity contribution in [3.8, 4) is 0 Å². The number of hydrogen-bond donors (Lipinski definition) is 1. The first-order valence-corrected chi connectivity index (χ1v) is 9.68. The van der Waals surface area contributed by atoms with E-state index in [1.165, 1.54) is 18.9 Å². The number of β-lactam (4-membered cyclic amide) rings is 1. The summed E-state index contributed by atoms with van der Waals surface area (Å²) in [6.45, 7) is 0. The molecule has 4 atom stereocenters. The monoisotopic (exact) mass is 428 g/mol. The van der Waals surface area contributed by atoms with Gasteiger partial charge in [0.1, 0.15) is 11.3 Å². The Morgan fingerprint density at radius 1 is 1.34 bits per heavy atom. The van der Waals surface area contributed by atoms with E-state index in [0.717, 1.165) is 10.5 Å². The van der Waals surface area contributed by atoms with Crippen LogP contribution in [0.5, 0.6) is 0 Å². The van der Waals surface area contributed by atoms with Crippen LogP contribution in [-0.4, -0.2) is 58.3 Å². The minimum absolute atomic E-state index is 0. The number of carboxylic acid groups (broad SMARTS) is 1. The van der Waals surface area contributed by atoms with Crippen LogP contribution in [0.25, 0.3) is 0 Å². The number of ether oxygens (including phenoxy) is 2. The van der Waals surface area contributed by atoms with Crippen molar-refractivity contribution in [2.75, 3.05) is 12.9 Å². The van der Waals surface area contributed by atoms with E-state index < -0.39 is 46.5 Å². The smallest absolute Gasteiger partial charge is 0.544 e. The number of nitrogens with zero attached hydrogens (tertiary/aromatic N) is 1. The van der Waals surface area contributed by atoms with Crippen LogP contribution in [0.15, 0.2) is 30.3 Å². The average molecular weight is 428 g/mol. The fourth-order valence-corrected chi connectivity index (χ4v) is 5.63. The van der Waals surface area contributed by atoms with Crippen LogP contribution in [0.3, 0.4) is 0 Å². The Labute approximate surface area is 192 Å². The topological polar surface area (TPSA) is 125 Å². The van der Waals surface area contributed by atoms with Crippen molar-refractivity contribution in [3.05, 3.63) is 35.9 Å². The number of carbonyl (C=O) groups is 4. The Morgan fingerprint density at radius 2 is 2.03 bits per heavy atom. The number of esters is 1. The molecule has 3 fully saturated rings. The predicted molar refractivity (Wildman–Crippen MR) is 93.1 cm³/mol. The molecule has 1 aromatic rings.